The SMILES string of the molecule is Nc1cccc(-c2[nH]nc(C(F)(F)F)c2Cc2cnc(C(=O)Nc3ccc(C(=O)N4CCN(C(=O)C5CC[N+](CC(=O)O)(CC6CNC6)CC5)CC4)c(Cl)c3)[nH]2)n1. The predicted molar refractivity (Wildman–Crippen MR) is 201 cm³/mol. The quantitative estimate of drug-likeness (QED) is 0.122. The topological polar surface area (TPSA) is 215 Å². The minimum absolute atomic E-state index is 0.0214. The molecule has 302 valence electrons. The molecule has 16 nitrogen and oxygen atoms in total. The van der Waals surface area contributed by atoms with E-state index in [-0.39, 0.29) is 81.3 Å². The molecule has 6 heterocycles. The van der Waals surface area contributed by atoms with Crippen molar-refractivity contribution < 1.29 is 41.9 Å². The highest BCUT2D eigenvalue weighted by atomic mass is 35.5. The van der Waals surface area contributed by atoms with E-state index >= 15 is 0 Å². The molecule has 57 heavy (non-hydrogen) atoms. The Bertz CT molecular complexity index is 2160. The summed E-state index contributed by atoms with van der Waals surface area (Å²) in [5.74, 6) is -1.59. The van der Waals surface area contributed by atoms with Gasteiger partial charge in [-0.05, 0) is 30.3 Å². The number of benzene rings is 1. The van der Waals surface area contributed by atoms with Gasteiger partial charge >= 0.3 is 12.1 Å². The number of hydrogen-bond acceptors (Lipinski definition) is 9. The molecular formula is C37H42ClF3N11O5+. The van der Waals surface area contributed by atoms with Crippen molar-refractivity contribution >= 4 is 46.8 Å². The van der Waals surface area contributed by atoms with Crippen molar-refractivity contribution in [1.82, 2.24) is 40.3 Å². The summed E-state index contributed by atoms with van der Waals surface area (Å²) in [5.41, 5.74) is 5.24. The number of halogens is 4. The van der Waals surface area contributed by atoms with E-state index in [9.17, 15) is 37.5 Å². The fourth-order valence-corrected chi connectivity index (χ4v) is 8.19. The summed E-state index contributed by atoms with van der Waals surface area (Å²) in [4.78, 5) is 66.0. The lowest BCUT2D eigenvalue weighted by molar-refractivity contribution is -0.929. The molecule has 0 atom stereocenters. The summed E-state index contributed by atoms with van der Waals surface area (Å²) in [7, 11) is 0. The number of nitrogen functional groups attached to an aromatic ring is 1. The molecule has 0 radical (unpaired) electrons. The number of carboxylic acid groups (broad SMARTS) is 1. The van der Waals surface area contributed by atoms with E-state index in [1.807, 2.05) is 0 Å². The molecule has 3 aliphatic rings. The van der Waals surface area contributed by atoms with Crippen molar-refractivity contribution in [3.05, 3.63) is 76.0 Å². The number of aromatic amines is 2. The molecule has 3 aliphatic heterocycles. The molecule has 3 fully saturated rings. The van der Waals surface area contributed by atoms with Crippen LogP contribution in [0.4, 0.5) is 24.7 Å². The van der Waals surface area contributed by atoms with Crippen LogP contribution >= 0.6 is 11.6 Å². The van der Waals surface area contributed by atoms with E-state index in [0.29, 0.717) is 62.5 Å². The van der Waals surface area contributed by atoms with Crippen molar-refractivity contribution in [2.24, 2.45) is 11.8 Å². The highest BCUT2D eigenvalue weighted by Crippen LogP contribution is 2.36. The number of piperazine rings is 1. The number of nitrogens with two attached hydrogens (primary N) is 1. The zero-order valence-corrected chi connectivity index (χ0v) is 31.5. The average Bonchev–Trinajstić information content (AvgIpc) is 3.81. The van der Waals surface area contributed by atoms with Gasteiger partial charge in [0, 0.05) is 93.5 Å². The monoisotopic (exact) mass is 812 g/mol. The number of pyridine rings is 1. The predicted octanol–water partition coefficient (Wildman–Crippen LogP) is 3.11. The number of amides is 3. The lowest BCUT2D eigenvalue weighted by Crippen LogP contribution is -2.62. The van der Waals surface area contributed by atoms with Gasteiger partial charge < -0.3 is 40.7 Å². The smallest absolute Gasteiger partial charge is 0.435 e. The average molecular weight is 813 g/mol. The van der Waals surface area contributed by atoms with Crippen LogP contribution in [-0.4, -0.2) is 134 Å². The van der Waals surface area contributed by atoms with Crippen molar-refractivity contribution in [1.29, 1.82) is 0 Å². The van der Waals surface area contributed by atoms with Gasteiger partial charge in [-0.25, -0.2) is 14.8 Å². The second-order valence-corrected chi connectivity index (χ2v) is 15.3. The number of quaternary nitrogens is 1. The molecule has 1 aromatic carbocycles. The molecule has 0 aliphatic carbocycles. The van der Waals surface area contributed by atoms with Crippen molar-refractivity contribution in [3.63, 3.8) is 0 Å². The number of alkyl halides is 3. The Kier molecular flexibility index (Phi) is 11.2. The Labute approximate surface area is 329 Å². The number of hydrogen-bond donors (Lipinski definition) is 6. The third-order valence-electron chi connectivity index (χ3n) is 10.9. The number of piperidine rings is 1. The lowest BCUT2D eigenvalue weighted by atomic mass is 9.90. The molecule has 0 spiro atoms. The van der Waals surface area contributed by atoms with Crippen LogP contribution in [0, 0.1) is 11.8 Å². The molecule has 3 aromatic heterocycles. The Morgan fingerprint density at radius 1 is 1.04 bits per heavy atom. The maximum Gasteiger partial charge on any atom is 0.435 e. The number of aliphatic carboxylic acids is 1. The molecule has 0 bridgehead atoms. The van der Waals surface area contributed by atoms with Crippen molar-refractivity contribution in [2.75, 3.05) is 76.5 Å². The number of anilines is 2. The number of carbonyl (C=O) groups is 4. The number of rotatable bonds is 11. The summed E-state index contributed by atoms with van der Waals surface area (Å²) >= 11 is 6.52. The van der Waals surface area contributed by atoms with Gasteiger partial charge in [0.05, 0.1) is 41.6 Å². The van der Waals surface area contributed by atoms with E-state index in [0.717, 1.165) is 19.6 Å². The minimum atomic E-state index is -4.77. The second-order valence-electron chi connectivity index (χ2n) is 14.9. The summed E-state index contributed by atoms with van der Waals surface area (Å²) in [5, 5.41) is 21.4. The molecule has 0 unspecified atom stereocenters. The number of imidazole rings is 1. The molecule has 3 amide bonds. The second kappa shape index (κ2) is 16.1. The molecule has 4 aromatic rings. The first-order chi connectivity index (χ1) is 27.2. The highest BCUT2D eigenvalue weighted by molar-refractivity contribution is 6.34. The summed E-state index contributed by atoms with van der Waals surface area (Å²) in [6, 6.07) is 8.94. The van der Waals surface area contributed by atoms with Crippen LogP contribution in [-0.2, 0) is 22.2 Å². The number of likely N-dealkylation sites (tertiary alicyclic amines) is 1. The largest absolute Gasteiger partial charge is 0.477 e. The van der Waals surface area contributed by atoms with Gasteiger partial charge in [-0.1, -0.05) is 17.7 Å². The van der Waals surface area contributed by atoms with E-state index in [4.69, 9.17) is 17.3 Å². The number of carbonyl (C=O) groups excluding carboxylic acids is 3. The number of carboxylic acids is 1. The molecule has 7 rings (SSSR count). The van der Waals surface area contributed by atoms with E-state index in [1.54, 1.807) is 15.9 Å². The van der Waals surface area contributed by atoms with Crippen LogP contribution in [0.25, 0.3) is 11.4 Å². The minimum Gasteiger partial charge on any atom is -0.477 e. The van der Waals surface area contributed by atoms with E-state index < -0.39 is 23.7 Å². The van der Waals surface area contributed by atoms with E-state index in [1.165, 1.54) is 36.5 Å². The summed E-state index contributed by atoms with van der Waals surface area (Å²) in [6.45, 7) is 5.29. The maximum absolute atomic E-state index is 13.9. The molecule has 0 saturated carbocycles. The van der Waals surface area contributed by atoms with Crippen LogP contribution in [0.1, 0.15) is 50.8 Å². The van der Waals surface area contributed by atoms with Crippen LogP contribution in [0.3, 0.4) is 0 Å². The van der Waals surface area contributed by atoms with Gasteiger partial charge in [0.2, 0.25) is 5.91 Å². The van der Waals surface area contributed by atoms with Crippen molar-refractivity contribution in [3.8, 4) is 11.4 Å². The number of nitrogens with zero attached hydrogens (tertiary/aromatic N) is 6. The number of aromatic nitrogens is 5. The van der Waals surface area contributed by atoms with Gasteiger partial charge in [0.1, 0.15) is 5.82 Å². The first-order valence-corrected chi connectivity index (χ1v) is 18.9. The van der Waals surface area contributed by atoms with Crippen LogP contribution < -0.4 is 16.4 Å². The van der Waals surface area contributed by atoms with Gasteiger partial charge in [-0.2, -0.15) is 18.3 Å². The summed E-state index contributed by atoms with van der Waals surface area (Å²) in [6.07, 6.45) is -2.58. The fourth-order valence-electron chi connectivity index (χ4n) is 7.92. The molecular weight excluding hydrogens is 771 g/mol. The molecule has 7 N–H and O–H groups in total. The highest BCUT2D eigenvalue weighted by Gasteiger charge is 2.42. The Hall–Kier alpha value is -5.53. The van der Waals surface area contributed by atoms with Crippen LogP contribution in [0.15, 0.2) is 42.6 Å². The Balaban J connectivity index is 0.928. The van der Waals surface area contributed by atoms with Crippen LogP contribution in [0.5, 0.6) is 0 Å². The van der Waals surface area contributed by atoms with E-state index in [2.05, 4.69) is 35.8 Å². The zero-order chi connectivity index (χ0) is 40.5. The van der Waals surface area contributed by atoms with Gasteiger partial charge in [0.25, 0.3) is 11.8 Å². The normalized spacial score (nSPS) is 20.2. The van der Waals surface area contributed by atoms with Gasteiger partial charge in [-0.3, -0.25) is 19.5 Å². The number of nitrogens with one attached hydrogen (secondary N) is 4. The first kappa shape index (κ1) is 39.7. The standard InChI is InChI=1S/C37H41ClF3N11O5/c38-27-15-23(46-34(55)33-44-18-24(45-33)14-26-31(28-2-1-3-29(42)47-28)48-49-32(26)37(39,40)41)4-5-25(27)36(57)51-10-8-50(9-11-51)35(56)22-6-12-52(13-7-22,20-30(53)54)19-21-16-43-17-21/h1-5,15,18,21-22,43H,6-14,16-17,19-20H2,(H5-,42,44,45,46,47,48,49,53,54,55,57)/p+1. The Morgan fingerprint density at radius 3 is 2.39 bits per heavy atom. The first-order valence-electron chi connectivity index (χ1n) is 18.6. The zero-order valence-electron chi connectivity index (χ0n) is 30.7. The van der Waals surface area contributed by atoms with Crippen molar-refractivity contribution in [2.45, 2.75) is 25.4 Å². The maximum atomic E-state index is 13.9. The third-order valence-corrected chi connectivity index (χ3v) is 11.3. The Morgan fingerprint density at radius 2 is 1.75 bits per heavy atom. The van der Waals surface area contributed by atoms with Crippen LogP contribution in [0.2, 0.25) is 5.02 Å². The fraction of sp³-hybridized carbons (Fsp3) is 0.432. The molecule has 20 heteroatoms. The summed E-state index contributed by atoms with van der Waals surface area (Å²) < 4.78 is 42.1. The van der Waals surface area contributed by atoms with Gasteiger partial charge in [0.15, 0.2) is 18.1 Å². The lowest BCUT2D eigenvalue weighted by Gasteiger charge is -2.46. The third kappa shape index (κ3) is 8.89. The number of H-pyrrole nitrogens is 2. The van der Waals surface area contributed by atoms with Gasteiger partial charge in [-0.15, -0.1) is 0 Å². The molecule has 3 saturated heterocycles.